The van der Waals surface area contributed by atoms with E-state index in [0.717, 1.165) is 5.69 Å². The quantitative estimate of drug-likeness (QED) is 0.817. The molecular formula is C16H21N5O3. The molecule has 0 bridgehead atoms. The van der Waals surface area contributed by atoms with Gasteiger partial charge in [0.1, 0.15) is 18.6 Å². The number of nitrogens with zero attached hydrogens (tertiary/aromatic N) is 4. The van der Waals surface area contributed by atoms with Gasteiger partial charge in [-0.25, -0.2) is 9.67 Å². The molecule has 1 aromatic heterocycles. The fourth-order valence-corrected chi connectivity index (χ4v) is 2.20. The topological polar surface area (TPSA) is 103 Å². The number of hydrogen-bond acceptors (Lipinski definition) is 5. The first-order valence-corrected chi connectivity index (χ1v) is 7.54. The van der Waals surface area contributed by atoms with E-state index in [9.17, 15) is 9.59 Å². The van der Waals surface area contributed by atoms with Gasteiger partial charge in [-0.05, 0) is 18.1 Å². The molecule has 1 aromatic carbocycles. The predicted molar refractivity (Wildman–Crippen MR) is 88.7 cm³/mol. The van der Waals surface area contributed by atoms with E-state index in [2.05, 4.69) is 10.1 Å². The van der Waals surface area contributed by atoms with Gasteiger partial charge in [-0.15, -0.1) is 5.10 Å². The summed E-state index contributed by atoms with van der Waals surface area (Å²) in [6.07, 6.45) is 1.32. The average molecular weight is 331 g/mol. The van der Waals surface area contributed by atoms with Crippen molar-refractivity contribution in [1.29, 1.82) is 0 Å². The smallest absolute Gasteiger partial charge is 0.288 e. The Balaban J connectivity index is 2.22. The van der Waals surface area contributed by atoms with Gasteiger partial charge >= 0.3 is 0 Å². The molecule has 2 aromatic rings. The molecule has 8 nitrogen and oxygen atoms in total. The molecule has 0 aliphatic heterocycles. The van der Waals surface area contributed by atoms with E-state index in [1.165, 1.54) is 11.0 Å². The molecule has 0 saturated carbocycles. The lowest BCUT2D eigenvalue weighted by atomic mass is 10.1. The van der Waals surface area contributed by atoms with E-state index in [-0.39, 0.29) is 24.2 Å². The molecule has 1 heterocycles. The summed E-state index contributed by atoms with van der Waals surface area (Å²) in [5.41, 5.74) is 5.86. The zero-order chi connectivity index (χ0) is 17.7. The Labute approximate surface area is 140 Å². The minimum Gasteiger partial charge on any atom is -0.497 e. The Bertz CT molecular complexity index is 726. The van der Waals surface area contributed by atoms with Crippen LogP contribution in [0.3, 0.4) is 0 Å². The number of amides is 2. The van der Waals surface area contributed by atoms with E-state index in [1.54, 1.807) is 18.1 Å². The molecule has 0 saturated heterocycles. The van der Waals surface area contributed by atoms with Gasteiger partial charge in [-0.1, -0.05) is 19.9 Å². The van der Waals surface area contributed by atoms with Crippen molar-refractivity contribution in [3.63, 3.8) is 0 Å². The molecule has 0 unspecified atom stereocenters. The van der Waals surface area contributed by atoms with Gasteiger partial charge in [0.2, 0.25) is 11.7 Å². The van der Waals surface area contributed by atoms with E-state index >= 15 is 0 Å². The Hall–Kier alpha value is -2.90. The molecule has 128 valence electrons. The second-order valence-corrected chi connectivity index (χ2v) is 5.73. The van der Waals surface area contributed by atoms with Crippen molar-refractivity contribution in [3.05, 3.63) is 36.4 Å². The number of carbonyl (C=O) groups excluding carboxylic acids is 2. The highest BCUT2D eigenvalue weighted by Gasteiger charge is 2.19. The van der Waals surface area contributed by atoms with E-state index < -0.39 is 5.91 Å². The van der Waals surface area contributed by atoms with Gasteiger partial charge in [0.15, 0.2) is 0 Å². The fraction of sp³-hybridized carbons (Fsp3) is 0.375. The highest BCUT2D eigenvalue weighted by molar-refractivity contribution is 5.93. The SMILES string of the molecule is COc1cccc(N(CC(C)C)C(=O)Cn2cnc(C(N)=O)n2)c1. The molecule has 0 aliphatic carbocycles. The first-order chi connectivity index (χ1) is 11.4. The zero-order valence-corrected chi connectivity index (χ0v) is 14.0. The third-order valence-electron chi connectivity index (χ3n) is 3.27. The van der Waals surface area contributed by atoms with Gasteiger partial charge in [0.05, 0.1) is 7.11 Å². The largest absolute Gasteiger partial charge is 0.497 e. The predicted octanol–water partition coefficient (Wildman–Crippen LogP) is 1.07. The second-order valence-electron chi connectivity index (χ2n) is 5.73. The Kier molecular flexibility index (Phi) is 5.51. The number of benzene rings is 1. The maximum atomic E-state index is 12.7. The number of carbonyl (C=O) groups is 2. The summed E-state index contributed by atoms with van der Waals surface area (Å²) < 4.78 is 6.52. The Morgan fingerprint density at radius 3 is 2.71 bits per heavy atom. The van der Waals surface area contributed by atoms with Crippen LogP contribution in [0.4, 0.5) is 5.69 Å². The lowest BCUT2D eigenvalue weighted by Crippen LogP contribution is -2.36. The monoisotopic (exact) mass is 331 g/mol. The van der Waals surface area contributed by atoms with Gasteiger partial charge in [0, 0.05) is 18.3 Å². The van der Waals surface area contributed by atoms with E-state index in [1.807, 2.05) is 32.0 Å². The summed E-state index contributed by atoms with van der Waals surface area (Å²) in [6.45, 7) is 4.57. The highest BCUT2D eigenvalue weighted by Crippen LogP contribution is 2.22. The minimum atomic E-state index is -0.729. The normalized spacial score (nSPS) is 10.7. The molecule has 0 atom stereocenters. The summed E-state index contributed by atoms with van der Waals surface area (Å²) in [5.74, 6) is -0.0617. The van der Waals surface area contributed by atoms with Gasteiger partial charge < -0.3 is 15.4 Å². The van der Waals surface area contributed by atoms with Crippen molar-refractivity contribution in [1.82, 2.24) is 14.8 Å². The third-order valence-corrected chi connectivity index (χ3v) is 3.27. The molecule has 0 spiro atoms. The molecule has 8 heteroatoms. The van der Waals surface area contributed by atoms with Crippen LogP contribution < -0.4 is 15.4 Å². The van der Waals surface area contributed by atoms with Crippen molar-refractivity contribution in [3.8, 4) is 5.75 Å². The van der Waals surface area contributed by atoms with Crippen molar-refractivity contribution in [2.75, 3.05) is 18.6 Å². The van der Waals surface area contributed by atoms with Crippen LogP contribution in [0, 0.1) is 5.92 Å². The number of ether oxygens (including phenoxy) is 1. The van der Waals surface area contributed by atoms with Crippen LogP contribution in [0.5, 0.6) is 5.75 Å². The van der Waals surface area contributed by atoms with Crippen LogP contribution in [0.15, 0.2) is 30.6 Å². The van der Waals surface area contributed by atoms with Crippen molar-refractivity contribution < 1.29 is 14.3 Å². The molecule has 0 radical (unpaired) electrons. The number of hydrogen-bond donors (Lipinski definition) is 1. The van der Waals surface area contributed by atoms with Crippen LogP contribution in [0.2, 0.25) is 0 Å². The lowest BCUT2D eigenvalue weighted by Gasteiger charge is -2.25. The van der Waals surface area contributed by atoms with E-state index in [0.29, 0.717) is 12.3 Å². The summed E-state index contributed by atoms with van der Waals surface area (Å²) in [6, 6.07) is 7.29. The van der Waals surface area contributed by atoms with Gasteiger partial charge in [-0.2, -0.15) is 0 Å². The highest BCUT2D eigenvalue weighted by atomic mass is 16.5. The number of methoxy groups -OCH3 is 1. The molecule has 2 N–H and O–H groups in total. The van der Waals surface area contributed by atoms with Crippen molar-refractivity contribution >= 4 is 17.5 Å². The molecule has 0 aliphatic rings. The molecule has 2 rings (SSSR count). The van der Waals surface area contributed by atoms with Crippen LogP contribution in [-0.2, 0) is 11.3 Å². The van der Waals surface area contributed by atoms with Crippen molar-refractivity contribution in [2.45, 2.75) is 20.4 Å². The number of anilines is 1. The van der Waals surface area contributed by atoms with Crippen LogP contribution in [0.25, 0.3) is 0 Å². The number of nitrogens with two attached hydrogens (primary N) is 1. The Morgan fingerprint density at radius 1 is 1.38 bits per heavy atom. The maximum absolute atomic E-state index is 12.7. The van der Waals surface area contributed by atoms with E-state index in [4.69, 9.17) is 10.5 Å². The summed E-state index contributed by atoms with van der Waals surface area (Å²) in [4.78, 5) is 29.2. The first-order valence-electron chi connectivity index (χ1n) is 7.54. The maximum Gasteiger partial charge on any atom is 0.288 e. The van der Waals surface area contributed by atoms with Gasteiger partial charge in [0.25, 0.3) is 5.91 Å². The summed E-state index contributed by atoms with van der Waals surface area (Å²) in [5, 5.41) is 3.90. The number of primary amides is 1. The first kappa shape index (κ1) is 17.5. The van der Waals surface area contributed by atoms with Crippen LogP contribution in [0.1, 0.15) is 24.5 Å². The average Bonchev–Trinajstić information content (AvgIpc) is 3.01. The second kappa shape index (κ2) is 7.58. The summed E-state index contributed by atoms with van der Waals surface area (Å²) >= 11 is 0. The minimum absolute atomic E-state index is 0.0375. The zero-order valence-electron chi connectivity index (χ0n) is 14.0. The molecule has 24 heavy (non-hydrogen) atoms. The number of rotatable bonds is 7. The summed E-state index contributed by atoms with van der Waals surface area (Å²) in [7, 11) is 1.58. The molecule has 0 fully saturated rings. The van der Waals surface area contributed by atoms with Crippen molar-refractivity contribution in [2.24, 2.45) is 11.7 Å². The molecule has 2 amide bonds. The van der Waals surface area contributed by atoms with Crippen LogP contribution >= 0.6 is 0 Å². The fourth-order valence-electron chi connectivity index (χ4n) is 2.20. The Morgan fingerprint density at radius 2 is 2.12 bits per heavy atom. The van der Waals surface area contributed by atoms with Crippen LogP contribution in [-0.4, -0.2) is 40.2 Å². The third kappa shape index (κ3) is 4.31. The molecular weight excluding hydrogens is 310 g/mol. The standard InChI is InChI=1S/C16H21N5O3/c1-11(2)8-21(12-5-4-6-13(7-12)24-3)14(22)9-20-10-18-16(19-20)15(17)23/h4-7,10-11H,8-9H2,1-3H3,(H2,17,23). The lowest BCUT2D eigenvalue weighted by molar-refractivity contribution is -0.119. The number of aromatic nitrogens is 3. The van der Waals surface area contributed by atoms with Gasteiger partial charge in [-0.3, -0.25) is 9.59 Å².